The second kappa shape index (κ2) is 5.47. The van der Waals surface area contributed by atoms with Gasteiger partial charge in [-0.3, -0.25) is 0 Å². The Morgan fingerprint density at radius 2 is 2.00 bits per heavy atom. The monoisotopic (exact) mass is 168 g/mol. The van der Waals surface area contributed by atoms with Crippen molar-refractivity contribution in [2.24, 2.45) is 0 Å². The molecule has 0 bridgehead atoms. The topological polar surface area (TPSA) is 18.5 Å². The van der Waals surface area contributed by atoms with Crippen LogP contribution in [0.2, 0.25) is 0 Å². The summed E-state index contributed by atoms with van der Waals surface area (Å²) in [6.07, 6.45) is 1.80. The molecule has 2 nitrogen and oxygen atoms in total. The molecular weight excluding hydrogens is 152 g/mol. The fourth-order valence-corrected chi connectivity index (χ4v) is 0.662. The van der Waals surface area contributed by atoms with Crippen molar-refractivity contribution in [2.45, 2.75) is 20.8 Å². The van der Waals surface area contributed by atoms with E-state index in [1.807, 2.05) is 20.8 Å². The zero-order valence-corrected chi connectivity index (χ0v) is 8.02. The lowest BCUT2D eigenvalue weighted by Crippen LogP contribution is -1.80. The molecule has 0 aliphatic carbocycles. The first-order valence-corrected chi connectivity index (χ1v) is 4.02. The first-order valence-electron chi connectivity index (χ1n) is 4.02. The minimum atomic E-state index is 0.276. The van der Waals surface area contributed by atoms with E-state index >= 15 is 0 Å². The molecule has 12 heavy (non-hydrogen) atoms. The van der Waals surface area contributed by atoms with Crippen LogP contribution >= 0.6 is 0 Å². The first-order chi connectivity index (χ1) is 5.70. The van der Waals surface area contributed by atoms with Crippen LogP contribution in [-0.4, -0.2) is 6.79 Å². The minimum absolute atomic E-state index is 0.276. The van der Waals surface area contributed by atoms with Crippen LogP contribution in [0.25, 0.3) is 0 Å². The third-order valence-corrected chi connectivity index (χ3v) is 1.10. The van der Waals surface area contributed by atoms with Gasteiger partial charge >= 0.3 is 0 Å². The van der Waals surface area contributed by atoms with Crippen LogP contribution in [0.15, 0.2) is 36.3 Å². The maximum Gasteiger partial charge on any atom is 0.231 e. The fourth-order valence-electron chi connectivity index (χ4n) is 0.662. The van der Waals surface area contributed by atoms with Gasteiger partial charge in [-0.1, -0.05) is 32.6 Å². The average molecular weight is 168 g/mol. The van der Waals surface area contributed by atoms with Crippen molar-refractivity contribution < 1.29 is 9.47 Å². The van der Waals surface area contributed by atoms with Gasteiger partial charge in [0.05, 0.1) is 0 Å². The SMILES string of the molecule is C=C(C)/C=C1/OCOC1=C.CC. The molecule has 1 aliphatic rings. The number of hydrogen-bond donors (Lipinski definition) is 0. The molecule has 68 valence electrons. The van der Waals surface area contributed by atoms with Crippen LogP contribution in [-0.2, 0) is 9.47 Å². The Labute approximate surface area is 74.2 Å². The molecule has 1 heterocycles. The van der Waals surface area contributed by atoms with Crippen LogP contribution < -0.4 is 0 Å². The Balaban J connectivity index is 0.000000561. The molecule has 0 N–H and O–H groups in total. The van der Waals surface area contributed by atoms with Crippen LogP contribution in [0.1, 0.15) is 20.8 Å². The maximum absolute atomic E-state index is 5.05. The van der Waals surface area contributed by atoms with Gasteiger partial charge in [0.1, 0.15) is 0 Å². The predicted octanol–water partition coefficient (Wildman–Crippen LogP) is 2.99. The van der Waals surface area contributed by atoms with Crippen LogP contribution in [0.3, 0.4) is 0 Å². The van der Waals surface area contributed by atoms with Gasteiger partial charge in [-0.2, -0.15) is 0 Å². The molecule has 0 unspecified atom stereocenters. The molecule has 1 rings (SSSR count). The van der Waals surface area contributed by atoms with E-state index in [4.69, 9.17) is 9.47 Å². The second-order valence-corrected chi connectivity index (χ2v) is 2.18. The van der Waals surface area contributed by atoms with E-state index in [0.717, 1.165) is 5.57 Å². The largest absolute Gasteiger partial charge is 0.454 e. The number of hydrogen-bond acceptors (Lipinski definition) is 2. The highest BCUT2D eigenvalue weighted by molar-refractivity contribution is 5.27. The number of allylic oxidation sites excluding steroid dienone is 2. The van der Waals surface area contributed by atoms with Gasteiger partial charge in [0.2, 0.25) is 6.79 Å². The van der Waals surface area contributed by atoms with E-state index < -0.39 is 0 Å². The Hall–Kier alpha value is -1.18. The minimum Gasteiger partial charge on any atom is -0.454 e. The molecule has 0 amide bonds. The number of rotatable bonds is 1. The van der Waals surface area contributed by atoms with E-state index in [1.54, 1.807) is 6.08 Å². The second-order valence-electron chi connectivity index (χ2n) is 2.18. The summed E-state index contributed by atoms with van der Waals surface area (Å²) in [4.78, 5) is 0. The smallest absolute Gasteiger partial charge is 0.231 e. The molecule has 1 aliphatic heterocycles. The Bertz CT molecular complexity index is 202. The summed E-state index contributed by atoms with van der Waals surface area (Å²) in [7, 11) is 0. The summed E-state index contributed by atoms with van der Waals surface area (Å²) < 4.78 is 9.99. The lowest BCUT2D eigenvalue weighted by molar-refractivity contribution is 0.0980. The van der Waals surface area contributed by atoms with Crippen molar-refractivity contribution in [1.82, 2.24) is 0 Å². The van der Waals surface area contributed by atoms with Crippen molar-refractivity contribution >= 4 is 0 Å². The van der Waals surface area contributed by atoms with Crippen molar-refractivity contribution in [1.29, 1.82) is 0 Å². The third-order valence-electron chi connectivity index (χ3n) is 1.10. The Morgan fingerprint density at radius 3 is 2.33 bits per heavy atom. The van der Waals surface area contributed by atoms with Crippen molar-refractivity contribution in [3.8, 4) is 0 Å². The molecule has 0 aromatic rings. The highest BCUT2D eigenvalue weighted by Gasteiger charge is 2.12. The van der Waals surface area contributed by atoms with E-state index in [1.165, 1.54) is 0 Å². The molecule has 1 fully saturated rings. The summed E-state index contributed by atoms with van der Waals surface area (Å²) in [5.74, 6) is 1.27. The van der Waals surface area contributed by atoms with Gasteiger partial charge in [0.25, 0.3) is 0 Å². The summed E-state index contributed by atoms with van der Waals surface area (Å²) >= 11 is 0. The van der Waals surface area contributed by atoms with Crippen molar-refractivity contribution in [2.75, 3.05) is 6.79 Å². The van der Waals surface area contributed by atoms with Crippen LogP contribution in [0.4, 0.5) is 0 Å². The van der Waals surface area contributed by atoms with E-state index in [2.05, 4.69) is 13.2 Å². The normalized spacial score (nSPS) is 17.6. The van der Waals surface area contributed by atoms with Gasteiger partial charge < -0.3 is 9.47 Å². The summed E-state index contributed by atoms with van der Waals surface area (Å²) in [5.41, 5.74) is 0.932. The molecule has 0 spiro atoms. The van der Waals surface area contributed by atoms with Crippen molar-refractivity contribution in [3.05, 3.63) is 36.3 Å². The molecule has 0 atom stereocenters. The van der Waals surface area contributed by atoms with Gasteiger partial charge in [0.15, 0.2) is 11.5 Å². The first kappa shape index (κ1) is 10.8. The zero-order chi connectivity index (χ0) is 9.56. The molecule has 0 saturated carbocycles. The van der Waals surface area contributed by atoms with Gasteiger partial charge in [-0.15, -0.1) is 0 Å². The summed E-state index contributed by atoms with van der Waals surface area (Å²) in [5, 5.41) is 0. The van der Waals surface area contributed by atoms with Crippen LogP contribution in [0.5, 0.6) is 0 Å². The van der Waals surface area contributed by atoms with Gasteiger partial charge in [-0.25, -0.2) is 0 Å². The van der Waals surface area contributed by atoms with Crippen molar-refractivity contribution in [3.63, 3.8) is 0 Å². The average Bonchev–Trinajstić information content (AvgIpc) is 2.40. The Kier molecular flexibility index (Phi) is 4.93. The molecule has 1 saturated heterocycles. The molecule has 0 aromatic carbocycles. The Morgan fingerprint density at radius 1 is 1.42 bits per heavy atom. The quantitative estimate of drug-likeness (QED) is 0.599. The fraction of sp³-hybridized carbons (Fsp3) is 0.400. The number of ether oxygens (including phenoxy) is 2. The van der Waals surface area contributed by atoms with E-state index in [9.17, 15) is 0 Å². The molecular formula is C10H16O2. The molecule has 0 aromatic heterocycles. The van der Waals surface area contributed by atoms with Gasteiger partial charge in [-0.05, 0) is 13.0 Å². The highest BCUT2D eigenvalue weighted by atomic mass is 16.7. The molecule has 2 heteroatoms. The molecule has 0 radical (unpaired) electrons. The highest BCUT2D eigenvalue weighted by Crippen LogP contribution is 2.19. The lowest BCUT2D eigenvalue weighted by atomic mass is 10.3. The maximum atomic E-state index is 5.05. The van der Waals surface area contributed by atoms with E-state index in [0.29, 0.717) is 11.5 Å². The van der Waals surface area contributed by atoms with Crippen LogP contribution in [0, 0.1) is 0 Å². The lowest BCUT2D eigenvalue weighted by Gasteiger charge is -1.92. The zero-order valence-electron chi connectivity index (χ0n) is 8.02. The standard InChI is InChI=1S/C8H10O2.C2H6/c1-6(2)4-8-7(3)9-5-10-8;1-2/h4H,1,3,5H2,2H3;1-2H3/b8-4+;. The third kappa shape index (κ3) is 3.28. The van der Waals surface area contributed by atoms with E-state index in [-0.39, 0.29) is 6.79 Å². The predicted molar refractivity (Wildman–Crippen MR) is 50.4 cm³/mol. The summed E-state index contributed by atoms with van der Waals surface area (Å²) in [6.45, 7) is 13.5. The summed E-state index contributed by atoms with van der Waals surface area (Å²) in [6, 6.07) is 0. The van der Waals surface area contributed by atoms with Gasteiger partial charge in [0, 0.05) is 0 Å².